The molecule has 1 unspecified atom stereocenters. The summed E-state index contributed by atoms with van der Waals surface area (Å²) in [6, 6.07) is 13.8. The van der Waals surface area contributed by atoms with Crippen molar-refractivity contribution in [2.75, 3.05) is 6.54 Å². The lowest BCUT2D eigenvalue weighted by atomic mass is 9.71. The molecule has 1 atom stereocenters. The number of rotatable bonds is 8. The van der Waals surface area contributed by atoms with Gasteiger partial charge in [0.05, 0.1) is 5.60 Å². The van der Waals surface area contributed by atoms with Gasteiger partial charge in [0.2, 0.25) is 0 Å². The van der Waals surface area contributed by atoms with Crippen molar-refractivity contribution < 1.29 is 14.2 Å². The van der Waals surface area contributed by atoms with Gasteiger partial charge in [-0.25, -0.2) is 4.39 Å². The lowest BCUT2D eigenvalue weighted by molar-refractivity contribution is -0.0240. The maximum absolute atomic E-state index is 13.0. The van der Waals surface area contributed by atoms with Crippen molar-refractivity contribution in [3.63, 3.8) is 0 Å². The van der Waals surface area contributed by atoms with E-state index >= 15 is 0 Å². The highest BCUT2D eigenvalue weighted by Gasteiger charge is 2.35. The first kappa shape index (κ1) is 21.8. The molecule has 2 aromatic carbocycles. The highest BCUT2D eigenvalue weighted by Crippen LogP contribution is 2.38. The second kappa shape index (κ2) is 9.73. The number of benzene rings is 2. The molecule has 3 rings (SSSR count). The molecule has 2 N–H and O–H groups in total. The molecule has 158 valence electrons. The first-order valence-corrected chi connectivity index (χ1v) is 10.8. The quantitative estimate of drug-likeness (QED) is 0.579. The monoisotopic (exact) mass is 399 g/mol. The standard InChI is InChI=1S/C25H34FNO2/c1-18(2)20-7-9-21(10-8-20)25(3,28)17-27-16-19-5-4-6-24(15-19)29-23-13-11-22(26)12-14-23/h4-6,11-15,18,20-21,27-28H,7-10,16-17H2,1-3H3. The second-order valence-corrected chi connectivity index (χ2v) is 9.02. The van der Waals surface area contributed by atoms with E-state index in [0.717, 1.165) is 36.0 Å². The summed E-state index contributed by atoms with van der Waals surface area (Å²) in [4.78, 5) is 0. The van der Waals surface area contributed by atoms with Gasteiger partial charge >= 0.3 is 0 Å². The van der Waals surface area contributed by atoms with E-state index in [4.69, 9.17) is 4.74 Å². The van der Waals surface area contributed by atoms with Crippen LogP contribution in [-0.4, -0.2) is 17.3 Å². The molecule has 0 radical (unpaired) electrons. The smallest absolute Gasteiger partial charge is 0.127 e. The molecule has 0 saturated heterocycles. The van der Waals surface area contributed by atoms with Gasteiger partial charge in [-0.15, -0.1) is 0 Å². The first-order valence-electron chi connectivity index (χ1n) is 10.8. The highest BCUT2D eigenvalue weighted by molar-refractivity contribution is 5.34. The average Bonchev–Trinajstić information content (AvgIpc) is 2.70. The lowest BCUT2D eigenvalue weighted by Crippen LogP contribution is -2.45. The van der Waals surface area contributed by atoms with Crippen molar-refractivity contribution in [1.29, 1.82) is 0 Å². The van der Waals surface area contributed by atoms with Crippen LogP contribution in [0.5, 0.6) is 11.5 Å². The van der Waals surface area contributed by atoms with Crippen molar-refractivity contribution in [3.8, 4) is 11.5 Å². The van der Waals surface area contributed by atoms with Crippen molar-refractivity contribution in [1.82, 2.24) is 5.32 Å². The van der Waals surface area contributed by atoms with Crippen molar-refractivity contribution in [2.24, 2.45) is 17.8 Å². The number of hydrogen-bond donors (Lipinski definition) is 2. The Balaban J connectivity index is 1.49. The van der Waals surface area contributed by atoms with E-state index in [-0.39, 0.29) is 5.82 Å². The Morgan fingerprint density at radius 3 is 2.41 bits per heavy atom. The van der Waals surface area contributed by atoms with E-state index in [1.807, 2.05) is 31.2 Å². The summed E-state index contributed by atoms with van der Waals surface area (Å²) in [6.07, 6.45) is 4.67. The van der Waals surface area contributed by atoms with Crippen LogP contribution in [0.1, 0.15) is 52.0 Å². The molecule has 1 fully saturated rings. The summed E-state index contributed by atoms with van der Waals surface area (Å²) < 4.78 is 18.8. The molecule has 1 aliphatic carbocycles. The summed E-state index contributed by atoms with van der Waals surface area (Å²) in [7, 11) is 0. The van der Waals surface area contributed by atoms with Crippen LogP contribution in [0.3, 0.4) is 0 Å². The van der Waals surface area contributed by atoms with E-state index in [1.54, 1.807) is 12.1 Å². The molecule has 0 heterocycles. The van der Waals surface area contributed by atoms with Crippen LogP contribution in [-0.2, 0) is 6.54 Å². The Kier molecular flexibility index (Phi) is 7.31. The Morgan fingerprint density at radius 1 is 1.07 bits per heavy atom. The zero-order chi connectivity index (χ0) is 20.9. The molecule has 0 aromatic heterocycles. The summed E-state index contributed by atoms with van der Waals surface area (Å²) in [5.74, 6) is 2.95. The SMILES string of the molecule is CC(C)C1CCC(C(C)(O)CNCc2cccc(Oc3ccc(F)cc3)c2)CC1. The number of hydrogen-bond acceptors (Lipinski definition) is 3. The van der Waals surface area contributed by atoms with Gasteiger partial charge in [-0.05, 0) is 92.3 Å². The largest absolute Gasteiger partial charge is 0.457 e. The molecule has 0 aliphatic heterocycles. The Bertz CT molecular complexity index is 765. The van der Waals surface area contributed by atoms with Crippen LogP contribution in [0.4, 0.5) is 4.39 Å². The van der Waals surface area contributed by atoms with Gasteiger partial charge < -0.3 is 15.2 Å². The van der Waals surface area contributed by atoms with Crippen LogP contribution < -0.4 is 10.1 Å². The summed E-state index contributed by atoms with van der Waals surface area (Å²) in [5.41, 5.74) is 0.397. The minimum absolute atomic E-state index is 0.278. The topological polar surface area (TPSA) is 41.5 Å². The highest BCUT2D eigenvalue weighted by atomic mass is 19.1. The van der Waals surface area contributed by atoms with E-state index in [2.05, 4.69) is 19.2 Å². The van der Waals surface area contributed by atoms with E-state index in [0.29, 0.717) is 24.8 Å². The maximum Gasteiger partial charge on any atom is 0.127 e. The van der Waals surface area contributed by atoms with E-state index in [9.17, 15) is 9.50 Å². The summed E-state index contributed by atoms with van der Waals surface area (Å²) >= 11 is 0. The Morgan fingerprint density at radius 2 is 1.76 bits per heavy atom. The Hall–Kier alpha value is -1.91. The normalized spacial score (nSPS) is 21.7. The predicted octanol–water partition coefficient (Wildman–Crippen LogP) is 5.92. The summed E-state index contributed by atoms with van der Waals surface area (Å²) in [5, 5.41) is 14.4. The third-order valence-corrected chi connectivity index (χ3v) is 6.35. The fourth-order valence-electron chi connectivity index (χ4n) is 4.37. The van der Waals surface area contributed by atoms with Gasteiger partial charge in [-0.3, -0.25) is 0 Å². The average molecular weight is 400 g/mol. The van der Waals surface area contributed by atoms with Gasteiger partial charge in [-0.1, -0.05) is 26.0 Å². The maximum atomic E-state index is 13.0. The van der Waals surface area contributed by atoms with E-state index in [1.165, 1.54) is 25.0 Å². The molecule has 1 saturated carbocycles. The molecular formula is C25H34FNO2. The molecule has 2 aromatic rings. The zero-order valence-corrected chi connectivity index (χ0v) is 17.8. The van der Waals surface area contributed by atoms with Crippen molar-refractivity contribution in [2.45, 2.75) is 58.6 Å². The van der Waals surface area contributed by atoms with Gasteiger partial charge in [0.1, 0.15) is 17.3 Å². The minimum Gasteiger partial charge on any atom is -0.457 e. The number of aliphatic hydroxyl groups is 1. The molecule has 1 aliphatic rings. The fourth-order valence-corrected chi connectivity index (χ4v) is 4.37. The molecule has 4 heteroatoms. The van der Waals surface area contributed by atoms with Gasteiger partial charge in [0.25, 0.3) is 0 Å². The molecular weight excluding hydrogens is 365 g/mol. The molecule has 0 bridgehead atoms. The minimum atomic E-state index is -0.690. The summed E-state index contributed by atoms with van der Waals surface area (Å²) in [6.45, 7) is 7.82. The molecule has 0 amide bonds. The third-order valence-electron chi connectivity index (χ3n) is 6.35. The Labute approximate surface area is 174 Å². The van der Waals surface area contributed by atoms with Crippen LogP contribution in [0.15, 0.2) is 48.5 Å². The van der Waals surface area contributed by atoms with Crippen LogP contribution in [0, 0.1) is 23.6 Å². The van der Waals surface area contributed by atoms with Gasteiger partial charge in [0, 0.05) is 13.1 Å². The lowest BCUT2D eigenvalue weighted by Gasteiger charge is -2.39. The fraction of sp³-hybridized carbons (Fsp3) is 0.520. The molecule has 29 heavy (non-hydrogen) atoms. The molecule has 0 spiro atoms. The number of nitrogens with one attached hydrogen (secondary N) is 1. The van der Waals surface area contributed by atoms with E-state index < -0.39 is 5.60 Å². The first-order chi connectivity index (χ1) is 13.8. The van der Waals surface area contributed by atoms with Crippen LogP contribution in [0.2, 0.25) is 0 Å². The second-order valence-electron chi connectivity index (χ2n) is 9.02. The van der Waals surface area contributed by atoms with Gasteiger partial charge in [0.15, 0.2) is 0 Å². The number of ether oxygens (including phenoxy) is 1. The third kappa shape index (κ3) is 6.28. The van der Waals surface area contributed by atoms with Crippen molar-refractivity contribution >= 4 is 0 Å². The zero-order valence-electron chi connectivity index (χ0n) is 17.8. The van der Waals surface area contributed by atoms with Crippen molar-refractivity contribution in [3.05, 3.63) is 59.9 Å². The number of halogens is 1. The molecule has 3 nitrogen and oxygen atoms in total. The van der Waals surface area contributed by atoms with Crippen LogP contribution >= 0.6 is 0 Å². The van der Waals surface area contributed by atoms with Crippen LogP contribution in [0.25, 0.3) is 0 Å². The van der Waals surface area contributed by atoms with Gasteiger partial charge in [-0.2, -0.15) is 0 Å². The predicted molar refractivity (Wildman–Crippen MR) is 116 cm³/mol.